The van der Waals surface area contributed by atoms with Crippen LogP contribution >= 0.6 is 11.8 Å². The summed E-state index contributed by atoms with van der Waals surface area (Å²) in [5, 5.41) is -0.801. The van der Waals surface area contributed by atoms with E-state index in [1.54, 1.807) is 90.8 Å². The lowest BCUT2D eigenvalue weighted by Gasteiger charge is -2.25. The van der Waals surface area contributed by atoms with Gasteiger partial charge in [0.2, 0.25) is 0 Å². The van der Waals surface area contributed by atoms with E-state index in [9.17, 15) is 9.59 Å². The first-order valence-corrected chi connectivity index (χ1v) is 17.8. The van der Waals surface area contributed by atoms with Crippen molar-refractivity contribution in [1.82, 2.24) is 0 Å². The van der Waals surface area contributed by atoms with Crippen molar-refractivity contribution in [2.45, 2.75) is 24.3 Å². The Kier molecular flexibility index (Phi) is 15.1. The van der Waals surface area contributed by atoms with Gasteiger partial charge in [-0.3, -0.25) is 9.59 Å². The molecule has 2 atom stereocenters. The van der Waals surface area contributed by atoms with E-state index < -0.39 is 22.4 Å². The molecule has 0 aliphatic heterocycles. The van der Waals surface area contributed by atoms with Gasteiger partial charge < -0.3 is 47.4 Å². The van der Waals surface area contributed by atoms with Gasteiger partial charge in [0.1, 0.15) is 11.5 Å². The molecule has 0 amide bonds. The van der Waals surface area contributed by atoms with E-state index in [1.807, 2.05) is 48.6 Å². The van der Waals surface area contributed by atoms with Crippen LogP contribution in [0.5, 0.6) is 57.5 Å². The summed E-state index contributed by atoms with van der Waals surface area (Å²) in [6.45, 7) is 2.66. The minimum absolute atomic E-state index is 0.308. The van der Waals surface area contributed by atoms with Crippen LogP contribution < -0.4 is 47.4 Å². The van der Waals surface area contributed by atoms with Crippen LogP contribution in [0.25, 0.3) is 12.2 Å². The van der Waals surface area contributed by atoms with Crippen LogP contribution in [0.15, 0.2) is 72.8 Å². The summed E-state index contributed by atoms with van der Waals surface area (Å²) in [5.74, 6) is 3.67. The third kappa shape index (κ3) is 10.6. The zero-order chi connectivity index (χ0) is 40.1. The van der Waals surface area contributed by atoms with Crippen LogP contribution in [-0.2, 0) is 9.59 Å². The SMILES string of the molecule is COc1cc(OC)c(C(/C=C\c2ccc(OC(C)=O)c(OC)c2)SC(/C=C\c2ccc(OC(C)=O)c(OC)c2)c2cc(OC)c(OC)cc2OC)cc1OC. The van der Waals surface area contributed by atoms with E-state index in [1.165, 1.54) is 28.1 Å². The Morgan fingerprint density at radius 3 is 1.05 bits per heavy atom. The minimum Gasteiger partial charge on any atom is -0.496 e. The summed E-state index contributed by atoms with van der Waals surface area (Å²) in [5.41, 5.74) is 3.15. The van der Waals surface area contributed by atoms with Crippen molar-refractivity contribution in [1.29, 1.82) is 0 Å². The monoisotopic (exact) mass is 774 g/mol. The van der Waals surface area contributed by atoms with Gasteiger partial charge >= 0.3 is 11.9 Å². The second-order valence-electron chi connectivity index (χ2n) is 11.6. The normalized spacial score (nSPS) is 12.1. The Labute approximate surface area is 325 Å². The van der Waals surface area contributed by atoms with E-state index in [4.69, 9.17) is 47.4 Å². The molecule has 0 bridgehead atoms. The molecule has 0 aliphatic carbocycles. The molecule has 0 spiro atoms. The number of carbonyl (C=O) groups is 2. The van der Waals surface area contributed by atoms with Crippen molar-refractivity contribution < 1.29 is 57.0 Å². The Bertz CT molecular complexity index is 1880. The van der Waals surface area contributed by atoms with Crippen LogP contribution in [0, 0.1) is 0 Å². The highest BCUT2D eigenvalue weighted by Gasteiger charge is 2.26. The number of ether oxygens (including phenoxy) is 10. The zero-order valence-corrected chi connectivity index (χ0v) is 33.4. The second kappa shape index (κ2) is 19.9. The van der Waals surface area contributed by atoms with Crippen LogP contribution in [-0.4, -0.2) is 68.8 Å². The van der Waals surface area contributed by atoms with Crippen LogP contribution in [0.3, 0.4) is 0 Å². The highest BCUT2D eigenvalue weighted by molar-refractivity contribution is 8.00. The van der Waals surface area contributed by atoms with Gasteiger partial charge in [0, 0.05) is 37.1 Å². The molecule has 4 aromatic rings. The van der Waals surface area contributed by atoms with Gasteiger partial charge in [0.15, 0.2) is 46.0 Å². The molecule has 0 N–H and O–H groups in total. The van der Waals surface area contributed by atoms with Gasteiger partial charge in [0.05, 0.1) is 67.4 Å². The smallest absolute Gasteiger partial charge is 0.308 e. The van der Waals surface area contributed by atoms with Crippen molar-refractivity contribution in [3.8, 4) is 57.5 Å². The van der Waals surface area contributed by atoms with Gasteiger partial charge in [-0.25, -0.2) is 0 Å². The van der Waals surface area contributed by atoms with Gasteiger partial charge in [0.25, 0.3) is 0 Å². The quantitative estimate of drug-likeness (QED) is 0.0709. The Morgan fingerprint density at radius 1 is 0.436 bits per heavy atom. The predicted octanol–water partition coefficient (Wildman–Crippen LogP) is 8.55. The van der Waals surface area contributed by atoms with E-state index >= 15 is 0 Å². The Hall–Kier alpha value is -5.95. The summed E-state index contributed by atoms with van der Waals surface area (Å²) in [6, 6.07) is 17.9. The predicted molar refractivity (Wildman–Crippen MR) is 212 cm³/mol. The molecular weight excluding hydrogens is 729 g/mol. The molecule has 0 aromatic heterocycles. The first-order chi connectivity index (χ1) is 26.5. The van der Waals surface area contributed by atoms with E-state index in [-0.39, 0.29) is 0 Å². The van der Waals surface area contributed by atoms with Gasteiger partial charge in [-0.2, -0.15) is 0 Å². The van der Waals surface area contributed by atoms with Gasteiger partial charge in [-0.05, 0) is 47.5 Å². The lowest BCUT2D eigenvalue weighted by molar-refractivity contribution is -0.132. The molecular formula is C42H46O12S. The topological polar surface area (TPSA) is 126 Å². The maximum Gasteiger partial charge on any atom is 0.308 e. The second-order valence-corrected chi connectivity index (χ2v) is 12.9. The number of thioether (sulfide) groups is 1. The van der Waals surface area contributed by atoms with Gasteiger partial charge in [-0.1, -0.05) is 36.4 Å². The maximum absolute atomic E-state index is 11.7. The Balaban J connectivity index is 1.94. The average molecular weight is 775 g/mol. The van der Waals surface area contributed by atoms with Crippen molar-refractivity contribution in [2.24, 2.45) is 0 Å². The van der Waals surface area contributed by atoms with E-state index in [2.05, 4.69) is 0 Å². The third-order valence-corrected chi connectivity index (χ3v) is 9.60. The zero-order valence-electron chi connectivity index (χ0n) is 32.5. The van der Waals surface area contributed by atoms with Crippen molar-refractivity contribution in [2.75, 3.05) is 56.9 Å². The average Bonchev–Trinajstić information content (AvgIpc) is 3.19. The van der Waals surface area contributed by atoms with Crippen LogP contribution in [0.2, 0.25) is 0 Å². The molecule has 2 unspecified atom stereocenters. The molecule has 0 fully saturated rings. The molecule has 0 radical (unpaired) electrons. The number of carbonyl (C=O) groups excluding carboxylic acids is 2. The Morgan fingerprint density at radius 2 is 0.745 bits per heavy atom. The molecule has 0 saturated heterocycles. The molecule has 4 aromatic carbocycles. The number of benzene rings is 4. The highest BCUT2D eigenvalue weighted by Crippen LogP contribution is 2.51. The fourth-order valence-electron chi connectivity index (χ4n) is 5.60. The van der Waals surface area contributed by atoms with Crippen molar-refractivity contribution >= 4 is 35.9 Å². The lowest BCUT2D eigenvalue weighted by atomic mass is 10.1. The van der Waals surface area contributed by atoms with E-state index in [0.717, 1.165) is 22.3 Å². The van der Waals surface area contributed by atoms with E-state index in [0.29, 0.717) is 57.5 Å². The fraction of sp³-hybridized carbons (Fsp3) is 0.286. The van der Waals surface area contributed by atoms with Crippen LogP contribution in [0.1, 0.15) is 46.6 Å². The standard InChI is InChI=1S/C42H46O12S/c1-25(43)53-31-15-11-27(19-35(31)47-5)13-17-41(29-21-37(49-7)39(51-9)23-33(29)45-3)55-42(30-22-38(50-8)40(52-10)24-34(30)46-4)18-14-28-12-16-32(54-26(2)44)36(20-28)48-6/h11-24,41-42H,1-10H3/b17-13-,18-14-. The molecule has 0 saturated carbocycles. The molecule has 55 heavy (non-hydrogen) atoms. The summed E-state index contributed by atoms with van der Waals surface area (Å²) in [4.78, 5) is 23.4. The molecule has 4 rings (SSSR count). The fourth-order valence-corrected chi connectivity index (χ4v) is 6.92. The van der Waals surface area contributed by atoms with Crippen molar-refractivity contribution in [3.63, 3.8) is 0 Å². The van der Waals surface area contributed by atoms with Crippen molar-refractivity contribution in [3.05, 3.63) is 95.1 Å². The maximum atomic E-state index is 11.7. The lowest BCUT2D eigenvalue weighted by Crippen LogP contribution is -2.04. The summed E-state index contributed by atoms with van der Waals surface area (Å²) < 4.78 is 56.2. The summed E-state index contributed by atoms with van der Waals surface area (Å²) >= 11 is 1.57. The molecule has 0 aliphatic rings. The molecule has 292 valence electrons. The summed E-state index contributed by atoms with van der Waals surface area (Å²) in [7, 11) is 12.5. The largest absolute Gasteiger partial charge is 0.496 e. The minimum atomic E-state index is -0.456. The number of methoxy groups -OCH3 is 8. The highest BCUT2D eigenvalue weighted by atomic mass is 32.2. The number of hydrogen-bond acceptors (Lipinski definition) is 13. The number of hydrogen-bond donors (Lipinski definition) is 0. The number of rotatable bonds is 18. The first-order valence-electron chi connectivity index (χ1n) is 16.9. The summed E-state index contributed by atoms with van der Waals surface area (Å²) in [6.07, 6.45) is 7.94. The molecule has 12 nitrogen and oxygen atoms in total. The van der Waals surface area contributed by atoms with Crippen LogP contribution in [0.4, 0.5) is 0 Å². The van der Waals surface area contributed by atoms with Gasteiger partial charge in [-0.15, -0.1) is 11.8 Å². The molecule has 0 heterocycles. The number of esters is 2. The first kappa shape index (κ1) is 41.8. The molecule has 13 heteroatoms. The third-order valence-electron chi connectivity index (χ3n) is 8.19.